The van der Waals surface area contributed by atoms with Crippen molar-refractivity contribution in [2.75, 3.05) is 13.7 Å². The van der Waals surface area contributed by atoms with Gasteiger partial charge in [-0.3, -0.25) is 0 Å². The predicted molar refractivity (Wildman–Crippen MR) is 76.5 cm³/mol. The Morgan fingerprint density at radius 3 is 2.86 bits per heavy atom. The molecular formula is C15H17N3O4. The third-order valence-electron chi connectivity index (χ3n) is 3.55. The van der Waals surface area contributed by atoms with Gasteiger partial charge in [0.15, 0.2) is 5.69 Å². The Hall–Kier alpha value is -2.41. The summed E-state index contributed by atoms with van der Waals surface area (Å²) in [4.78, 5) is 11.8. The van der Waals surface area contributed by atoms with Gasteiger partial charge in [0.25, 0.3) is 0 Å². The highest BCUT2D eigenvalue weighted by atomic mass is 16.5. The Kier molecular flexibility index (Phi) is 4.06. The Balaban J connectivity index is 1.78. The number of aromatic nitrogens is 3. The largest absolute Gasteiger partial charge is 0.497 e. The minimum atomic E-state index is -0.463. The van der Waals surface area contributed by atoms with Crippen LogP contribution >= 0.6 is 0 Å². The number of fused-ring (bicyclic) bond motifs is 1. The molecule has 7 nitrogen and oxygen atoms in total. The molecule has 1 aliphatic rings. The average molecular weight is 303 g/mol. The highest BCUT2D eigenvalue weighted by Gasteiger charge is 2.28. The van der Waals surface area contributed by atoms with Crippen molar-refractivity contribution >= 4 is 5.97 Å². The SMILES string of the molecule is CCOC(=O)c1nnn2c1CO[C@@H](c1ccc(OC)cc1)C2. The van der Waals surface area contributed by atoms with Gasteiger partial charge in [-0.1, -0.05) is 17.3 Å². The second-order valence-corrected chi connectivity index (χ2v) is 4.86. The van der Waals surface area contributed by atoms with Crippen molar-refractivity contribution in [2.24, 2.45) is 0 Å². The van der Waals surface area contributed by atoms with Gasteiger partial charge in [0.2, 0.25) is 0 Å². The maximum atomic E-state index is 11.8. The predicted octanol–water partition coefficient (Wildman–Crippen LogP) is 1.73. The number of hydrogen-bond donors (Lipinski definition) is 0. The number of ether oxygens (including phenoxy) is 3. The molecule has 0 radical (unpaired) electrons. The molecule has 22 heavy (non-hydrogen) atoms. The van der Waals surface area contributed by atoms with Crippen LogP contribution in [0.1, 0.15) is 34.8 Å². The summed E-state index contributed by atoms with van der Waals surface area (Å²) >= 11 is 0. The molecule has 0 amide bonds. The molecule has 0 N–H and O–H groups in total. The first-order valence-corrected chi connectivity index (χ1v) is 7.08. The van der Waals surface area contributed by atoms with Gasteiger partial charge in [-0.05, 0) is 24.6 Å². The lowest BCUT2D eigenvalue weighted by atomic mass is 10.1. The van der Waals surface area contributed by atoms with Crippen molar-refractivity contribution in [3.63, 3.8) is 0 Å². The van der Waals surface area contributed by atoms with Crippen molar-refractivity contribution in [2.45, 2.75) is 26.2 Å². The number of nitrogens with zero attached hydrogens (tertiary/aromatic N) is 3. The second-order valence-electron chi connectivity index (χ2n) is 4.86. The van der Waals surface area contributed by atoms with Crippen LogP contribution in [0.2, 0.25) is 0 Å². The highest BCUT2D eigenvalue weighted by Crippen LogP contribution is 2.28. The number of carbonyl (C=O) groups is 1. The first-order valence-electron chi connectivity index (χ1n) is 7.08. The quantitative estimate of drug-likeness (QED) is 0.801. The molecule has 0 unspecified atom stereocenters. The van der Waals surface area contributed by atoms with E-state index < -0.39 is 5.97 Å². The standard InChI is InChI=1S/C15H17N3O4/c1-3-21-15(19)14-12-9-22-13(8-18(12)17-16-14)10-4-6-11(20-2)7-5-10/h4-7,13H,3,8-9H2,1-2H3/t13-/m1/s1. The highest BCUT2D eigenvalue weighted by molar-refractivity contribution is 5.88. The average Bonchev–Trinajstić information content (AvgIpc) is 2.98. The maximum absolute atomic E-state index is 11.8. The van der Waals surface area contributed by atoms with Crippen molar-refractivity contribution in [1.82, 2.24) is 15.0 Å². The summed E-state index contributed by atoms with van der Waals surface area (Å²) in [5.74, 6) is 0.334. The number of benzene rings is 1. The van der Waals surface area contributed by atoms with E-state index in [9.17, 15) is 4.79 Å². The summed E-state index contributed by atoms with van der Waals surface area (Å²) in [7, 11) is 1.63. The number of hydrogen-bond acceptors (Lipinski definition) is 6. The van der Waals surface area contributed by atoms with Gasteiger partial charge in [-0.2, -0.15) is 0 Å². The summed E-state index contributed by atoms with van der Waals surface area (Å²) in [5, 5.41) is 7.94. The van der Waals surface area contributed by atoms with Gasteiger partial charge in [-0.25, -0.2) is 9.48 Å². The van der Waals surface area contributed by atoms with E-state index in [2.05, 4.69) is 10.3 Å². The minimum absolute atomic E-state index is 0.129. The van der Waals surface area contributed by atoms with E-state index >= 15 is 0 Å². The topological polar surface area (TPSA) is 75.5 Å². The van der Waals surface area contributed by atoms with Gasteiger partial charge >= 0.3 is 5.97 Å². The van der Waals surface area contributed by atoms with Crippen molar-refractivity contribution in [3.8, 4) is 5.75 Å². The molecule has 2 heterocycles. The fourth-order valence-electron chi connectivity index (χ4n) is 2.39. The van der Waals surface area contributed by atoms with E-state index in [1.165, 1.54) is 0 Å². The van der Waals surface area contributed by atoms with E-state index in [1.54, 1.807) is 18.7 Å². The molecule has 116 valence electrons. The van der Waals surface area contributed by atoms with Crippen LogP contribution < -0.4 is 4.74 Å². The first-order chi connectivity index (χ1) is 10.7. The van der Waals surface area contributed by atoms with Crippen LogP contribution in [0, 0.1) is 0 Å². The number of carbonyl (C=O) groups excluding carboxylic acids is 1. The molecule has 2 aromatic rings. The summed E-state index contributed by atoms with van der Waals surface area (Å²) in [6, 6.07) is 7.69. The summed E-state index contributed by atoms with van der Waals surface area (Å²) in [6.07, 6.45) is -0.129. The Morgan fingerprint density at radius 1 is 1.41 bits per heavy atom. The summed E-state index contributed by atoms with van der Waals surface area (Å²) < 4.78 is 17.7. The van der Waals surface area contributed by atoms with Crippen LogP contribution in [-0.2, 0) is 22.6 Å². The Bertz CT molecular complexity index is 666. The molecule has 0 fully saturated rings. The molecule has 1 aliphatic heterocycles. The normalized spacial score (nSPS) is 16.9. The van der Waals surface area contributed by atoms with Crippen molar-refractivity contribution in [3.05, 3.63) is 41.2 Å². The Labute approximate surface area is 127 Å². The zero-order chi connectivity index (χ0) is 15.5. The lowest BCUT2D eigenvalue weighted by molar-refractivity contribution is -0.00235. The van der Waals surface area contributed by atoms with Crippen molar-refractivity contribution in [1.29, 1.82) is 0 Å². The van der Waals surface area contributed by atoms with Crippen LogP contribution in [0.3, 0.4) is 0 Å². The van der Waals surface area contributed by atoms with Gasteiger partial charge in [0.1, 0.15) is 11.9 Å². The van der Waals surface area contributed by atoms with Crippen molar-refractivity contribution < 1.29 is 19.0 Å². The third kappa shape index (κ3) is 2.67. The fourth-order valence-corrected chi connectivity index (χ4v) is 2.39. The van der Waals surface area contributed by atoms with Crippen LogP contribution in [0.5, 0.6) is 5.75 Å². The molecule has 0 aliphatic carbocycles. The lowest BCUT2D eigenvalue weighted by Gasteiger charge is -2.24. The van der Waals surface area contributed by atoms with Crippen LogP contribution in [-0.4, -0.2) is 34.7 Å². The van der Waals surface area contributed by atoms with E-state index in [0.717, 1.165) is 11.3 Å². The van der Waals surface area contributed by atoms with Gasteiger partial charge in [0, 0.05) is 0 Å². The summed E-state index contributed by atoms with van der Waals surface area (Å²) in [6.45, 7) is 2.84. The van der Waals surface area contributed by atoms with E-state index in [0.29, 0.717) is 18.8 Å². The van der Waals surface area contributed by atoms with Crippen LogP contribution in [0.15, 0.2) is 24.3 Å². The monoisotopic (exact) mass is 303 g/mol. The van der Waals surface area contributed by atoms with Gasteiger partial charge in [-0.15, -0.1) is 5.10 Å². The Morgan fingerprint density at radius 2 is 2.18 bits per heavy atom. The number of esters is 1. The molecule has 0 spiro atoms. The van der Waals surface area contributed by atoms with Gasteiger partial charge in [0.05, 0.1) is 32.6 Å². The molecule has 0 bridgehead atoms. The van der Waals surface area contributed by atoms with E-state index in [4.69, 9.17) is 14.2 Å². The third-order valence-corrected chi connectivity index (χ3v) is 3.55. The lowest BCUT2D eigenvalue weighted by Crippen LogP contribution is -2.23. The van der Waals surface area contributed by atoms with Crippen LogP contribution in [0.25, 0.3) is 0 Å². The van der Waals surface area contributed by atoms with Crippen LogP contribution in [0.4, 0.5) is 0 Å². The zero-order valence-corrected chi connectivity index (χ0v) is 12.5. The van der Waals surface area contributed by atoms with Gasteiger partial charge < -0.3 is 14.2 Å². The molecule has 1 aromatic carbocycles. The number of methoxy groups -OCH3 is 1. The fraction of sp³-hybridized carbons (Fsp3) is 0.400. The maximum Gasteiger partial charge on any atom is 0.360 e. The molecule has 7 heteroatoms. The second kappa shape index (κ2) is 6.15. The molecule has 3 rings (SSSR count). The molecular weight excluding hydrogens is 286 g/mol. The minimum Gasteiger partial charge on any atom is -0.497 e. The summed E-state index contributed by atoms with van der Waals surface area (Å²) in [5.41, 5.74) is 1.91. The molecule has 1 atom stereocenters. The first kappa shape index (κ1) is 14.5. The van der Waals surface area contributed by atoms with E-state index in [1.807, 2.05) is 24.3 Å². The smallest absolute Gasteiger partial charge is 0.360 e. The molecule has 1 aromatic heterocycles. The number of rotatable bonds is 4. The molecule has 0 saturated heterocycles. The van der Waals surface area contributed by atoms with E-state index in [-0.39, 0.29) is 18.4 Å². The zero-order valence-electron chi connectivity index (χ0n) is 12.5. The molecule has 0 saturated carbocycles.